The van der Waals surface area contributed by atoms with Gasteiger partial charge in [0.1, 0.15) is 0 Å². The second kappa shape index (κ2) is 4.43. The van der Waals surface area contributed by atoms with Crippen LogP contribution in [0.4, 0.5) is 0 Å². The molecule has 7 heteroatoms. The molecular weight excluding hydrogens is 210 g/mol. The first-order valence-electron chi connectivity index (χ1n) is 3.24. The molecule has 13 heavy (non-hydrogen) atoms. The molecule has 0 radical (unpaired) electrons. The summed E-state index contributed by atoms with van der Waals surface area (Å²) in [5.74, 6) is -1.34. The Balaban J connectivity index is 3.14. The molecule has 0 aromatic carbocycles. The molecule has 0 atom stereocenters. The number of rotatable bonds is 3. The summed E-state index contributed by atoms with van der Waals surface area (Å²) in [7, 11) is 0. The quantitative estimate of drug-likeness (QED) is 0.757. The molecule has 70 valence electrons. The Labute approximate surface area is 83.4 Å². The smallest absolute Gasteiger partial charge is 0.374 e. The number of aromatic nitrogens is 3. The average Bonchev–Trinajstić information content (AvgIpc) is 2.16. The lowest BCUT2D eigenvalue weighted by Crippen LogP contribution is -2.07. The zero-order valence-corrected chi connectivity index (χ0v) is 8.65. The lowest BCUT2D eigenvalue weighted by atomic mass is 10.6. The number of nitrogens with zero attached hydrogens (tertiary/aromatic N) is 3. The van der Waals surface area contributed by atoms with Crippen molar-refractivity contribution in [1.29, 1.82) is 0 Å². The summed E-state index contributed by atoms with van der Waals surface area (Å²) >= 11 is 2.58. The molecule has 0 aliphatic carbocycles. The van der Waals surface area contributed by atoms with Crippen molar-refractivity contribution in [3.8, 4) is 0 Å². The standard InChI is InChI=1S/C6H7N3O2S2/c1-12-5-7-3(4(10)11)8-6(9-5)13-2/h1-2H3,(H,10,11). The van der Waals surface area contributed by atoms with E-state index in [0.717, 1.165) is 0 Å². The van der Waals surface area contributed by atoms with E-state index in [4.69, 9.17) is 5.11 Å². The zero-order chi connectivity index (χ0) is 9.84. The summed E-state index contributed by atoms with van der Waals surface area (Å²) in [5, 5.41) is 9.51. The van der Waals surface area contributed by atoms with Crippen LogP contribution in [0.25, 0.3) is 0 Å². The number of carboxylic acids is 1. The Morgan fingerprint density at radius 2 is 1.62 bits per heavy atom. The van der Waals surface area contributed by atoms with Crippen molar-refractivity contribution in [2.75, 3.05) is 12.5 Å². The molecule has 0 spiro atoms. The molecule has 0 fully saturated rings. The van der Waals surface area contributed by atoms with Crippen LogP contribution in [0.5, 0.6) is 0 Å². The minimum absolute atomic E-state index is 0.205. The van der Waals surface area contributed by atoms with E-state index in [9.17, 15) is 4.79 Å². The number of carboxylic acid groups (broad SMARTS) is 1. The molecule has 1 rings (SSSR count). The second-order valence-corrected chi connectivity index (χ2v) is 3.48. The maximum atomic E-state index is 10.6. The van der Waals surface area contributed by atoms with Gasteiger partial charge in [-0.2, -0.15) is 15.0 Å². The van der Waals surface area contributed by atoms with Gasteiger partial charge in [-0.15, -0.1) is 0 Å². The van der Waals surface area contributed by atoms with E-state index in [1.54, 1.807) is 12.5 Å². The predicted molar refractivity (Wildman–Crippen MR) is 50.3 cm³/mol. The van der Waals surface area contributed by atoms with Gasteiger partial charge in [-0.25, -0.2) is 4.79 Å². The third-order valence-electron chi connectivity index (χ3n) is 1.15. The number of aromatic carboxylic acids is 1. The highest BCUT2D eigenvalue weighted by atomic mass is 32.2. The van der Waals surface area contributed by atoms with Crippen molar-refractivity contribution < 1.29 is 9.90 Å². The molecule has 0 aliphatic rings. The third kappa shape index (κ3) is 2.56. The SMILES string of the molecule is CSc1nc(SC)nc(C(=O)O)n1. The Morgan fingerprint density at radius 1 is 1.15 bits per heavy atom. The van der Waals surface area contributed by atoms with Crippen molar-refractivity contribution in [2.45, 2.75) is 10.3 Å². The van der Waals surface area contributed by atoms with E-state index in [0.29, 0.717) is 10.3 Å². The van der Waals surface area contributed by atoms with Crippen LogP contribution in [0.15, 0.2) is 10.3 Å². The number of carbonyl (C=O) groups is 1. The second-order valence-electron chi connectivity index (χ2n) is 1.94. The van der Waals surface area contributed by atoms with E-state index < -0.39 is 5.97 Å². The molecule has 1 N–H and O–H groups in total. The summed E-state index contributed by atoms with van der Waals surface area (Å²) in [4.78, 5) is 22.0. The minimum atomic E-state index is -1.13. The Morgan fingerprint density at radius 3 is 1.92 bits per heavy atom. The topological polar surface area (TPSA) is 76.0 Å². The van der Waals surface area contributed by atoms with Crippen LogP contribution in [-0.2, 0) is 0 Å². The summed E-state index contributed by atoms with van der Waals surface area (Å²) in [6.45, 7) is 0. The van der Waals surface area contributed by atoms with Crippen molar-refractivity contribution >= 4 is 29.5 Å². The summed E-state index contributed by atoms with van der Waals surface area (Å²) in [6, 6.07) is 0. The molecule has 0 aliphatic heterocycles. The number of hydrogen-bond donors (Lipinski definition) is 1. The molecule has 0 amide bonds. The monoisotopic (exact) mass is 217 g/mol. The normalized spacial score (nSPS) is 10.0. The maximum absolute atomic E-state index is 10.6. The fourth-order valence-electron chi connectivity index (χ4n) is 0.616. The largest absolute Gasteiger partial charge is 0.475 e. The highest BCUT2D eigenvalue weighted by Gasteiger charge is 2.10. The Kier molecular flexibility index (Phi) is 3.49. The Bertz CT molecular complexity index is 309. The number of thioether (sulfide) groups is 2. The lowest BCUT2D eigenvalue weighted by molar-refractivity contribution is 0.0680. The molecule has 5 nitrogen and oxygen atoms in total. The van der Waals surface area contributed by atoms with Crippen LogP contribution in [0.1, 0.15) is 10.6 Å². The van der Waals surface area contributed by atoms with Crippen LogP contribution < -0.4 is 0 Å². The highest BCUT2D eigenvalue weighted by Crippen LogP contribution is 2.13. The van der Waals surface area contributed by atoms with E-state index in [1.165, 1.54) is 23.5 Å². The van der Waals surface area contributed by atoms with Crippen molar-refractivity contribution in [2.24, 2.45) is 0 Å². The lowest BCUT2D eigenvalue weighted by Gasteiger charge is -1.99. The molecule has 1 aromatic heterocycles. The highest BCUT2D eigenvalue weighted by molar-refractivity contribution is 7.99. The molecule has 0 saturated heterocycles. The summed E-state index contributed by atoms with van der Waals surface area (Å²) in [6.07, 6.45) is 3.57. The van der Waals surface area contributed by atoms with Gasteiger partial charge in [0.05, 0.1) is 0 Å². The van der Waals surface area contributed by atoms with Crippen LogP contribution >= 0.6 is 23.5 Å². The third-order valence-corrected chi connectivity index (χ3v) is 2.25. The minimum Gasteiger partial charge on any atom is -0.475 e. The molecule has 0 saturated carbocycles. The van der Waals surface area contributed by atoms with Crippen molar-refractivity contribution in [3.05, 3.63) is 5.82 Å². The Hall–Kier alpha value is -0.820. The van der Waals surface area contributed by atoms with Gasteiger partial charge in [0.2, 0.25) is 5.82 Å². The van der Waals surface area contributed by atoms with Gasteiger partial charge in [-0.3, -0.25) is 0 Å². The van der Waals surface area contributed by atoms with Crippen LogP contribution in [0.3, 0.4) is 0 Å². The van der Waals surface area contributed by atoms with Crippen LogP contribution in [0, 0.1) is 0 Å². The van der Waals surface area contributed by atoms with E-state index in [-0.39, 0.29) is 5.82 Å². The van der Waals surface area contributed by atoms with Gasteiger partial charge < -0.3 is 5.11 Å². The molecular formula is C6H7N3O2S2. The van der Waals surface area contributed by atoms with Gasteiger partial charge in [0, 0.05) is 0 Å². The van der Waals surface area contributed by atoms with Gasteiger partial charge in [-0.05, 0) is 12.5 Å². The molecule has 0 unspecified atom stereocenters. The van der Waals surface area contributed by atoms with Crippen LogP contribution in [-0.4, -0.2) is 38.5 Å². The van der Waals surface area contributed by atoms with Crippen molar-refractivity contribution in [3.63, 3.8) is 0 Å². The van der Waals surface area contributed by atoms with E-state index >= 15 is 0 Å². The molecule has 1 aromatic rings. The van der Waals surface area contributed by atoms with Gasteiger partial charge >= 0.3 is 5.97 Å². The first kappa shape index (κ1) is 10.3. The summed E-state index contributed by atoms with van der Waals surface area (Å²) < 4.78 is 0. The molecule has 1 heterocycles. The predicted octanol–water partition coefficient (Wildman–Crippen LogP) is 1.01. The molecule has 0 bridgehead atoms. The van der Waals surface area contributed by atoms with E-state index in [1.807, 2.05) is 0 Å². The zero-order valence-electron chi connectivity index (χ0n) is 7.01. The van der Waals surface area contributed by atoms with Crippen molar-refractivity contribution in [1.82, 2.24) is 15.0 Å². The number of hydrogen-bond acceptors (Lipinski definition) is 6. The first-order valence-corrected chi connectivity index (χ1v) is 5.69. The van der Waals surface area contributed by atoms with E-state index in [2.05, 4.69) is 15.0 Å². The van der Waals surface area contributed by atoms with Gasteiger partial charge in [0.25, 0.3) is 0 Å². The maximum Gasteiger partial charge on any atom is 0.374 e. The van der Waals surface area contributed by atoms with Gasteiger partial charge in [-0.1, -0.05) is 23.5 Å². The summed E-state index contributed by atoms with van der Waals surface area (Å²) in [5.41, 5.74) is 0. The van der Waals surface area contributed by atoms with Gasteiger partial charge in [0.15, 0.2) is 10.3 Å². The fourth-order valence-corrected chi connectivity index (χ4v) is 1.39. The average molecular weight is 217 g/mol. The fraction of sp³-hybridized carbons (Fsp3) is 0.333. The van der Waals surface area contributed by atoms with Crippen LogP contribution in [0.2, 0.25) is 0 Å². The first-order chi connectivity index (χ1) is 6.17.